The maximum atomic E-state index is 12.6. The van der Waals surface area contributed by atoms with E-state index in [9.17, 15) is 18.0 Å². The smallest absolute Gasteiger partial charge is 0.454 e. The number of alkyl halides is 3. The maximum absolute atomic E-state index is 12.6. The Labute approximate surface area is 185 Å². The van der Waals surface area contributed by atoms with Crippen molar-refractivity contribution in [1.82, 2.24) is 9.97 Å². The van der Waals surface area contributed by atoms with Crippen LogP contribution in [0.3, 0.4) is 0 Å². The summed E-state index contributed by atoms with van der Waals surface area (Å²) in [5.74, 6) is -1.50. The van der Waals surface area contributed by atoms with Gasteiger partial charge in [-0.1, -0.05) is 30.3 Å². The van der Waals surface area contributed by atoms with Crippen LogP contribution in [0.15, 0.2) is 89.7 Å². The lowest BCUT2D eigenvalue weighted by Gasteiger charge is -2.24. The van der Waals surface area contributed by atoms with Gasteiger partial charge in [0.15, 0.2) is 5.58 Å². The van der Waals surface area contributed by atoms with Crippen LogP contribution in [-0.4, -0.2) is 22.1 Å². The van der Waals surface area contributed by atoms with Crippen molar-refractivity contribution >= 4 is 50.7 Å². The molecule has 2 aromatic heterocycles. The SMILES string of the molecule is O=C(Nc1ccc(N(c2ccncn2)c2cccc3c2oc2ccccc23)cc1)C(F)(F)F. The molecule has 3 aromatic carbocycles. The van der Waals surface area contributed by atoms with Gasteiger partial charge in [-0.2, -0.15) is 13.2 Å². The van der Waals surface area contributed by atoms with Crippen molar-refractivity contribution in [3.8, 4) is 0 Å². The number of hydrogen-bond donors (Lipinski definition) is 1. The minimum absolute atomic E-state index is 0.0191. The van der Waals surface area contributed by atoms with Crippen LogP contribution in [0.25, 0.3) is 21.9 Å². The summed E-state index contributed by atoms with van der Waals surface area (Å²) in [5.41, 5.74) is 2.67. The predicted octanol–water partition coefficient (Wildman–Crippen LogP) is 6.35. The Bertz CT molecular complexity index is 1450. The molecule has 9 heteroatoms. The summed E-state index contributed by atoms with van der Waals surface area (Å²) in [6.07, 6.45) is -1.98. The van der Waals surface area contributed by atoms with Crippen LogP contribution in [0.5, 0.6) is 0 Å². The molecule has 0 radical (unpaired) electrons. The van der Waals surface area contributed by atoms with Gasteiger partial charge in [0.2, 0.25) is 0 Å². The molecular weight excluding hydrogens is 433 g/mol. The van der Waals surface area contributed by atoms with Crippen LogP contribution < -0.4 is 10.2 Å². The van der Waals surface area contributed by atoms with Crippen molar-refractivity contribution in [3.05, 3.63) is 85.3 Å². The summed E-state index contributed by atoms with van der Waals surface area (Å²) in [7, 11) is 0. The molecule has 164 valence electrons. The Morgan fingerprint density at radius 3 is 2.39 bits per heavy atom. The summed E-state index contributed by atoms with van der Waals surface area (Å²) < 4.78 is 43.9. The third-order valence-corrected chi connectivity index (χ3v) is 5.06. The molecule has 0 fully saturated rings. The lowest BCUT2D eigenvalue weighted by Crippen LogP contribution is -2.29. The number of furan rings is 1. The van der Waals surface area contributed by atoms with Crippen LogP contribution >= 0.6 is 0 Å². The van der Waals surface area contributed by atoms with Gasteiger partial charge in [-0.05, 0) is 42.5 Å². The van der Waals surface area contributed by atoms with Gasteiger partial charge >= 0.3 is 12.1 Å². The summed E-state index contributed by atoms with van der Waals surface area (Å²) in [6, 6.07) is 21.1. The fourth-order valence-electron chi connectivity index (χ4n) is 3.61. The van der Waals surface area contributed by atoms with Gasteiger partial charge in [-0.3, -0.25) is 9.69 Å². The Balaban J connectivity index is 1.62. The van der Waals surface area contributed by atoms with Gasteiger partial charge in [0.05, 0.1) is 5.69 Å². The third kappa shape index (κ3) is 3.84. The number of aromatic nitrogens is 2. The first-order chi connectivity index (χ1) is 15.9. The van der Waals surface area contributed by atoms with E-state index in [2.05, 4.69) is 9.97 Å². The first-order valence-corrected chi connectivity index (χ1v) is 9.86. The first-order valence-electron chi connectivity index (χ1n) is 9.86. The van der Waals surface area contributed by atoms with Gasteiger partial charge in [0.25, 0.3) is 0 Å². The monoisotopic (exact) mass is 448 g/mol. The van der Waals surface area contributed by atoms with Crippen molar-refractivity contribution in [2.75, 3.05) is 10.2 Å². The number of hydrogen-bond acceptors (Lipinski definition) is 5. The van der Waals surface area contributed by atoms with Gasteiger partial charge in [0.1, 0.15) is 17.7 Å². The minimum Gasteiger partial charge on any atom is -0.454 e. The molecule has 0 unspecified atom stereocenters. The molecule has 0 saturated carbocycles. The number of carbonyl (C=O) groups is 1. The highest BCUT2D eigenvalue weighted by Crippen LogP contribution is 2.41. The second-order valence-corrected chi connectivity index (χ2v) is 7.15. The van der Waals surface area contributed by atoms with Crippen molar-refractivity contribution in [3.63, 3.8) is 0 Å². The lowest BCUT2D eigenvalue weighted by molar-refractivity contribution is -0.167. The highest BCUT2D eigenvalue weighted by molar-refractivity contribution is 6.10. The fourth-order valence-corrected chi connectivity index (χ4v) is 3.61. The van der Waals surface area contributed by atoms with Gasteiger partial charge < -0.3 is 9.73 Å². The summed E-state index contributed by atoms with van der Waals surface area (Å²) >= 11 is 0. The van der Waals surface area contributed by atoms with Crippen LogP contribution in [0, 0.1) is 0 Å². The Morgan fingerprint density at radius 1 is 0.909 bits per heavy atom. The summed E-state index contributed by atoms with van der Waals surface area (Å²) in [4.78, 5) is 21.4. The molecule has 0 aliphatic heterocycles. The molecule has 0 saturated heterocycles. The van der Waals surface area contributed by atoms with E-state index < -0.39 is 12.1 Å². The number of halogens is 3. The number of nitrogens with zero attached hydrogens (tertiary/aromatic N) is 3. The molecule has 5 rings (SSSR count). The normalized spacial score (nSPS) is 11.6. The highest BCUT2D eigenvalue weighted by atomic mass is 19.4. The molecule has 0 aliphatic carbocycles. The number of nitrogens with one attached hydrogen (secondary N) is 1. The first kappa shape index (κ1) is 20.5. The van der Waals surface area contributed by atoms with Crippen LogP contribution in [0.1, 0.15) is 0 Å². The van der Waals surface area contributed by atoms with Crippen LogP contribution in [0.2, 0.25) is 0 Å². The van der Waals surface area contributed by atoms with E-state index in [1.807, 2.05) is 52.7 Å². The second-order valence-electron chi connectivity index (χ2n) is 7.15. The molecule has 0 atom stereocenters. The molecule has 0 aliphatic rings. The molecule has 5 aromatic rings. The van der Waals surface area contributed by atoms with Crippen LogP contribution in [-0.2, 0) is 4.79 Å². The number of amides is 1. The van der Waals surface area contributed by atoms with Gasteiger partial charge in [-0.15, -0.1) is 0 Å². The Kier molecular flexibility index (Phi) is 4.93. The lowest BCUT2D eigenvalue weighted by atomic mass is 10.1. The minimum atomic E-state index is -4.97. The molecule has 1 N–H and O–H groups in total. The van der Waals surface area contributed by atoms with Crippen molar-refractivity contribution < 1.29 is 22.4 Å². The molecule has 33 heavy (non-hydrogen) atoms. The van der Waals surface area contributed by atoms with Gasteiger partial charge in [0, 0.05) is 28.3 Å². The molecule has 2 heterocycles. The van der Waals surface area contributed by atoms with E-state index in [1.165, 1.54) is 18.5 Å². The standard InChI is InChI=1S/C24H15F3N4O2/c25-24(26,27)23(32)30-15-8-10-16(11-9-15)31(21-12-13-28-14-29-21)19-6-3-5-18-17-4-1-2-7-20(17)33-22(18)19/h1-14H,(H,30,32). The highest BCUT2D eigenvalue weighted by Gasteiger charge is 2.38. The summed E-state index contributed by atoms with van der Waals surface area (Å²) in [6.45, 7) is 0. The number of fused-ring (bicyclic) bond motifs is 3. The third-order valence-electron chi connectivity index (χ3n) is 5.06. The van der Waals surface area contributed by atoms with E-state index in [4.69, 9.17) is 4.42 Å². The summed E-state index contributed by atoms with van der Waals surface area (Å²) in [5, 5.41) is 3.72. The molecule has 6 nitrogen and oxygen atoms in total. The molecule has 0 spiro atoms. The van der Waals surface area contributed by atoms with E-state index in [-0.39, 0.29) is 5.69 Å². The Morgan fingerprint density at radius 2 is 1.67 bits per heavy atom. The van der Waals surface area contributed by atoms with E-state index in [0.717, 1.165) is 16.4 Å². The molecular formula is C24H15F3N4O2. The Hall–Kier alpha value is -4.40. The molecule has 1 amide bonds. The average molecular weight is 448 g/mol. The zero-order chi connectivity index (χ0) is 23.0. The number of rotatable bonds is 4. The van der Waals surface area contributed by atoms with Crippen molar-refractivity contribution in [2.24, 2.45) is 0 Å². The number of anilines is 4. The largest absolute Gasteiger partial charge is 0.471 e. The van der Waals surface area contributed by atoms with E-state index in [1.54, 1.807) is 24.4 Å². The van der Waals surface area contributed by atoms with E-state index >= 15 is 0 Å². The number of carbonyl (C=O) groups excluding carboxylic acids is 1. The quantitative estimate of drug-likeness (QED) is 0.347. The zero-order valence-electron chi connectivity index (χ0n) is 16.9. The van der Waals surface area contributed by atoms with Crippen LogP contribution in [0.4, 0.5) is 36.1 Å². The van der Waals surface area contributed by atoms with Gasteiger partial charge in [-0.25, -0.2) is 9.97 Å². The van der Waals surface area contributed by atoms with Crippen molar-refractivity contribution in [1.29, 1.82) is 0 Å². The molecule has 0 bridgehead atoms. The maximum Gasteiger partial charge on any atom is 0.471 e. The second kappa shape index (κ2) is 7.94. The average Bonchev–Trinajstić information content (AvgIpc) is 3.20. The number of benzene rings is 3. The zero-order valence-corrected chi connectivity index (χ0v) is 16.9. The fraction of sp³-hybridized carbons (Fsp3) is 0.0417. The van der Waals surface area contributed by atoms with Crippen molar-refractivity contribution in [2.45, 2.75) is 6.18 Å². The number of para-hydroxylation sites is 2. The van der Waals surface area contributed by atoms with E-state index in [0.29, 0.717) is 22.8 Å². The predicted molar refractivity (Wildman–Crippen MR) is 119 cm³/mol. The topological polar surface area (TPSA) is 71.3 Å².